The van der Waals surface area contributed by atoms with E-state index in [4.69, 9.17) is 32.2 Å². The van der Waals surface area contributed by atoms with Crippen molar-refractivity contribution in [2.75, 3.05) is 0 Å². The Morgan fingerprint density at radius 1 is 1.00 bits per heavy atom. The number of ether oxygens (including phenoxy) is 2. The lowest BCUT2D eigenvalue weighted by atomic mass is 10.9. The Hall–Kier alpha value is -3.25. The number of hydrogen-bond donors (Lipinski definition) is 4. The van der Waals surface area contributed by atoms with Crippen LogP contribution in [-0.4, -0.2) is 27.0 Å². The van der Waals surface area contributed by atoms with Crippen LogP contribution in [0.1, 0.15) is 0 Å². The molecule has 94 valence electrons. The second kappa shape index (κ2) is 6.36. The van der Waals surface area contributed by atoms with Crippen LogP contribution >= 0.6 is 0 Å². The molecule has 0 saturated heterocycles. The number of aromatic nitrogens is 3. The lowest BCUT2D eigenvalue weighted by Crippen LogP contribution is -2.13. The summed E-state index contributed by atoms with van der Waals surface area (Å²) >= 11 is 0. The van der Waals surface area contributed by atoms with Gasteiger partial charge in [-0.3, -0.25) is 0 Å². The molecule has 1 aromatic heterocycles. The first-order valence-corrected chi connectivity index (χ1v) is 4.09. The molecule has 0 aliphatic rings. The molecule has 0 saturated carbocycles. The molecule has 0 unspecified atom stereocenters. The van der Waals surface area contributed by atoms with Gasteiger partial charge in [-0.05, 0) is 0 Å². The molecule has 1 rings (SSSR count). The highest BCUT2D eigenvalue weighted by atomic mass is 16.5. The lowest BCUT2D eigenvalue weighted by Gasteiger charge is -2.02. The highest BCUT2D eigenvalue weighted by Gasteiger charge is 2.09. The van der Waals surface area contributed by atoms with E-state index in [0.29, 0.717) is 0 Å². The van der Waals surface area contributed by atoms with Crippen molar-refractivity contribution in [3.8, 4) is 12.0 Å². The van der Waals surface area contributed by atoms with Crippen LogP contribution in [0, 0.1) is 11.1 Å². The molecule has 0 aliphatic heterocycles. The van der Waals surface area contributed by atoms with Crippen LogP contribution in [-0.2, 0) is 0 Å². The fourth-order valence-electron chi connectivity index (χ4n) is 0.685. The van der Waals surface area contributed by atoms with Crippen LogP contribution in [0.25, 0.3) is 0 Å². The monoisotopic (exact) mass is 253 g/mol. The molecule has 0 aliphatic carbocycles. The fourth-order valence-corrected chi connectivity index (χ4v) is 0.685. The average Bonchev–Trinajstić information content (AvgIpc) is 2.42. The Kier molecular flexibility index (Phi) is 4.53. The standard InChI is InChI=1S/C5H7N11O2/c6-13-4(14-7)17-2-10-1-11-3(12-2)18-5(15-8)16-9/h1,6,8H,7,9H2. The second-order valence-electron chi connectivity index (χ2n) is 2.30. The molecule has 1 heterocycles. The summed E-state index contributed by atoms with van der Waals surface area (Å²) in [6, 6.07) is -1.49. The van der Waals surface area contributed by atoms with Crippen molar-refractivity contribution in [1.82, 2.24) is 15.0 Å². The van der Waals surface area contributed by atoms with Crippen molar-refractivity contribution in [3.63, 3.8) is 0 Å². The molecule has 6 N–H and O–H groups in total. The minimum Gasteiger partial charge on any atom is -0.386 e. The summed E-state index contributed by atoms with van der Waals surface area (Å²) in [4.78, 5) is 10.8. The van der Waals surface area contributed by atoms with E-state index in [2.05, 4.69) is 35.4 Å². The van der Waals surface area contributed by atoms with E-state index in [-0.39, 0.29) is 12.0 Å². The van der Waals surface area contributed by atoms with Gasteiger partial charge in [-0.15, -0.1) is 15.2 Å². The number of nitrogens with two attached hydrogens (primary N) is 2. The minimum atomic E-state index is -0.468. The zero-order valence-corrected chi connectivity index (χ0v) is 8.68. The Balaban J connectivity index is 2.85. The van der Waals surface area contributed by atoms with Gasteiger partial charge in [0.1, 0.15) is 6.33 Å². The first kappa shape index (κ1) is 12.8. The highest BCUT2D eigenvalue weighted by Crippen LogP contribution is 2.07. The van der Waals surface area contributed by atoms with Crippen molar-refractivity contribution in [1.29, 1.82) is 11.1 Å². The van der Waals surface area contributed by atoms with Crippen LogP contribution in [0.5, 0.6) is 12.0 Å². The van der Waals surface area contributed by atoms with E-state index in [9.17, 15) is 0 Å². The molecule has 0 aromatic carbocycles. The summed E-state index contributed by atoms with van der Waals surface area (Å²) in [5.41, 5.74) is 13.3. The van der Waals surface area contributed by atoms with Crippen LogP contribution in [0.15, 0.2) is 26.8 Å². The number of nitrogens with one attached hydrogen (secondary N) is 2. The summed E-state index contributed by atoms with van der Waals surface area (Å²) in [5.74, 6) is 9.73. The normalized spacial score (nSPS) is 11.8. The Morgan fingerprint density at radius 3 is 1.78 bits per heavy atom. The molecule has 18 heavy (non-hydrogen) atoms. The zero-order chi connectivity index (χ0) is 13.4. The van der Waals surface area contributed by atoms with Crippen LogP contribution in [0.4, 0.5) is 0 Å². The van der Waals surface area contributed by atoms with Crippen LogP contribution < -0.4 is 21.2 Å². The van der Waals surface area contributed by atoms with Gasteiger partial charge in [0.25, 0.3) is 0 Å². The van der Waals surface area contributed by atoms with Gasteiger partial charge in [-0.2, -0.15) is 21.0 Å². The minimum absolute atomic E-state index is 0.276. The molecule has 0 amide bonds. The topological polar surface area (TPSA) is 206 Å². The van der Waals surface area contributed by atoms with E-state index in [0.717, 1.165) is 6.33 Å². The first-order valence-electron chi connectivity index (χ1n) is 4.09. The molecule has 13 nitrogen and oxygen atoms in total. The average molecular weight is 253 g/mol. The third-order valence-electron chi connectivity index (χ3n) is 1.30. The van der Waals surface area contributed by atoms with Gasteiger partial charge >= 0.3 is 24.1 Å². The van der Waals surface area contributed by atoms with Crippen molar-refractivity contribution in [2.45, 2.75) is 0 Å². The van der Waals surface area contributed by atoms with Gasteiger partial charge in [0, 0.05) is 0 Å². The Morgan fingerprint density at radius 2 is 1.44 bits per heavy atom. The number of hydrazone groups is 2. The Labute approximate surface area is 98.9 Å². The third-order valence-corrected chi connectivity index (χ3v) is 1.30. The largest absolute Gasteiger partial charge is 0.386 e. The number of amidine groups is 2. The highest BCUT2D eigenvalue weighted by molar-refractivity contribution is 5.75. The first-order chi connectivity index (χ1) is 8.73. The summed E-state index contributed by atoms with van der Waals surface area (Å²) in [5, 5.41) is 11.8. The molecule has 0 fully saturated rings. The van der Waals surface area contributed by atoms with Crippen molar-refractivity contribution < 1.29 is 9.47 Å². The van der Waals surface area contributed by atoms with E-state index in [1.54, 1.807) is 0 Å². The van der Waals surface area contributed by atoms with Crippen molar-refractivity contribution in [3.05, 3.63) is 6.33 Å². The van der Waals surface area contributed by atoms with Crippen LogP contribution in [0.3, 0.4) is 0 Å². The van der Waals surface area contributed by atoms with Gasteiger partial charge in [-0.25, -0.2) is 0 Å². The Bertz CT molecular complexity index is 455. The van der Waals surface area contributed by atoms with E-state index < -0.39 is 12.0 Å². The molecule has 0 atom stereocenters. The summed E-state index contributed by atoms with van der Waals surface area (Å²) < 4.78 is 9.56. The molecule has 0 bridgehead atoms. The summed E-state index contributed by atoms with van der Waals surface area (Å²) in [6.45, 7) is 0. The molecule has 13 heteroatoms. The second-order valence-corrected chi connectivity index (χ2v) is 2.30. The molecular formula is C5H7N11O2. The number of nitrogens with zero attached hydrogens (tertiary/aromatic N) is 7. The SMILES string of the molecule is N=NC(=NN)Oc1ncnc(OC(N=N)=NN)n1. The zero-order valence-electron chi connectivity index (χ0n) is 8.68. The van der Waals surface area contributed by atoms with E-state index >= 15 is 0 Å². The maximum absolute atomic E-state index is 6.65. The van der Waals surface area contributed by atoms with E-state index in [1.807, 2.05) is 0 Å². The fraction of sp³-hybridized carbons (Fsp3) is 0. The van der Waals surface area contributed by atoms with Crippen molar-refractivity contribution >= 4 is 12.0 Å². The maximum atomic E-state index is 6.65. The number of rotatable bonds is 2. The molecule has 0 spiro atoms. The molecule has 0 radical (unpaired) electrons. The number of hydrogen-bond acceptors (Lipinski definition) is 11. The molecular weight excluding hydrogens is 246 g/mol. The summed E-state index contributed by atoms with van der Waals surface area (Å²) in [6.07, 6.45) is 1.04. The van der Waals surface area contributed by atoms with Crippen molar-refractivity contribution in [2.24, 2.45) is 32.1 Å². The predicted molar refractivity (Wildman–Crippen MR) is 54.6 cm³/mol. The van der Waals surface area contributed by atoms with Gasteiger partial charge in [-0.1, -0.05) is 10.2 Å². The third kappa shape index (κ3) is 3.40. The van der Waals surface area contributed by atoms with E-state index in [1.165, 1.54) is 0 Å². The summed E-state index contributed by atoms with van der Waals surface area (Å²) in [7, 11) is 0. The predicted octanol–water partition coefficient (Wildman–Crippen LogP) is -0.849. The molecule has 1 aromatic rings. The van der Waals surface area contributed by atoms with Gasteiger partial charge < -0.3 is 21.2 Å². The van der Waals surface area contributed by atoms with Gasteiger partial charge in [0.15, 0.2) is 0 Å². The lowest BCUT2D eigenvalue weighted by molar-refractivity contribution is 0.440. The quantitative estimate of drug-likeness (QED) is 0.172. The maximum Gasteiger partial charge on any atom is 0.359 e. The van der Waals surface area contributed by atoms with Gasteiger partial charge in [0.2, 0.25) is 0 Å². The van der Waals surface area contributed by atoms with Crippen LogP contribution in [0.2, 0.25) is 0 Å². The van der Waals surface area contributed by atoms with Gasteiger partial charge in [0.05, 0.1) is 0 Å². The smallest absolute Gasteiger partial charge is 0.359 e.